The quantitative estimate of drug-likeness (QED) is 0.801. The molecule has 0 fully saturated rings. The van der Waals surface area contributed by atoms with Gasteiger partial charge in [0.1, 0.15) is 18.1 Å². The number of halogens is 1. The first-order valence-electron chi connectivity index (χ1n) is 5.85. The number of hydrogen-bond acceptors (Lipinski definition) is 5. The molecule has 2 rings (SSSR count). The van der Waals surface area contributed by atoms with Crippen LogP contribution in [0.3, 0.4) is 0 Å². The van der Waals surface area contributed by atoms with E-state index in [0.29, 0.717) is 11.8 Å². The van der Waals surface area contributed by atoms with Gasteiger partial charge in [-0.05, 0) is 18.2 Å². The Morgan fingerprint density at radius 1 is 1.57 bits per heavy atom. The van der Waals surface area contributed by atoms with Crippen LogP contribution in [0.15, 0.2) is 18.2 Å². The Labute approximate surface area is 118 Å². The lowest BCUT2D eigenvalue weighted by molar-refractivity contribution is -0.137. The van der Waals surface area contributed by atoms with Gasteiger partial charge in [0.2, 0.25) is 0 Å². The average Bonchev–Trinajstić information content (AvgIpc) is 2.74. The van der Waals surface area contributed by atoms with Crippen LogP contribution in [0.25, 0.3) is 11.3 Å². The van der Waals surface area contributed by atoms with Crippen LogP contribution in [0.2, 0.25) is 0 Å². The summed E-state index contributed by atoms with van der Waals surface area (Å²) in [6.07, 6.45) is 0.457. The summed E-state index contributed by atoms with van der Waals surface area (Å²) in [5, 5.41) is 12.7. The minimum atomic E-state index is -1.16. The lowest BCUT2D eigenvalue weighted by Gasteiger charge is -2.03. The third-order valence-corrected chi connectivity index (χ3v) is 2.86. The highest BCUT2D eigenvalue weighted by atomic mass is 19.1. The number of benzene rings is 1. The Hall–Kier alpha value is -2.90. The van der Waals surface area contributed by atoms with Crippen molar-refractivity contribution in [3.63, 3.8) is 0 Å². The molecule has 0 bridgehead atoms. The van der Waals surface area contributed by atoms with Crippen molar-refractivity contribution in [3.05, 3.63) is 29.6 Å². The number of nitrogens with zero attached hydrogens (tertiary/aromatic N) is 2. The molecule has 0 saturated heterocycles. The van der Waals surface area contributed by atoms with Crippen LogP contribution in [0, 0.1) is 5.82 Å². The van der Waals surface area contributed by atoms with Crippen molar-refractivity contribution in [1.29, 1.82) is 0 Å². The third-order valence-electron chi connectivity index (χ3n) is 2.86. The van der Waals surface area contributed by atoms with Gasteiger partial charge in [-0.15, -0.1) is 0 Å². The molecule has 3 N–H and O–H groups in total. The lowest BCUT2D eigenvalue weighted by atomic mass is 10.1. The maximum Gasteiger partial charge on any atom is 0.325 e. The first-order valence-corrected chi connectivity index (χ1v) is 5.85. The molecule has 21 heavy (non-hydrogen) atoms. The SMILES string of the molecule is COc1ccc(-c2nn(CC(=O)O)c(N)c2C=O)cc1F. The van der Waals surface area contributed by atoms with E-state index in [1.165, 1.54) is 19.2 Å². The van der Waals surface area contributed by atoms with E-state index >= 15 is 0 Å². The number of aliphatic carboxylic acids is 1. The number of anilines is 1. The van der Waals surface area contributed by atoms with E-state index in [0.717, 1.165) is 10.7 Å². The molecule has 2 aromatic rings. The summed E-state index contributed by atoms with van der Waals surface area (Å²) in [5.41, 5.74) is 6.11. The largest absolute Gasteiger partial charge is 0.494 e. The zero-order chi connectivity index (χ0) is 15.6. The maximum absolute atomic E-state index is 13.7. The molecule has 0 aliphatic rings. The van der Waals surface area contributed by atoms with Crippen molar-refractivity contribution in [3.8, 4) is 17.0 Å². The number of rotatable bonds is 5. The second-order valence-corrected chi connectivity index (χ2v) is 4.17. The van der Waals surface area contributed by atoms with Gasteiger partial charge in [0, 0.05) is 5.56 Å². The molecule has 0 aliphatic carbocycles. The molecule has 0 spiro atoms. The van der Waals surface area contributed by atoms with E-state index in [9.17, 15) is 14.0 Å². The first kappa shape index (κ1) is 14.5. The Morgan fingerprint density at radius 2 is 2.29 bits per heavy atom. The summed E-state index contributed by atoms with van der Waals surface area (Å²) in [4.78, 5) is 21.9. The third kappa shape index (κ3) is 2.69. The molecule has 1 aromatic carbocycles. The molecular weight excluding hydrogens is 281 g/mol. The van der Waals surface area contributed by atoms with Crippen LogP contribution in [0.4, 0.5) is 10.2 Å². The van der Waals surface area contributed by atoms with Crippen molar-refractivity contribution in [2.45, 2.75) is 6.54 Å². The molecule has 7 nitrogen and oxygen atoms in total. The van der Waals surface area contributed by atoms with Crippen molar-refractivity contribution in [2.24, 2.45) is 0 Å². The molecule has 0 aliphatic heterocycles. The normalized spacial score (nSPS) is 10.4. The second-order valence-electron chi connectivity index (χ2n) is 4.17. The molecule has 0 amide bonds. The zero-order valence-electron chi connectivity index (χ0n) is 11.0. The van der Waals surface area contributed by atoms with Crippen molar-refractivity contribution >= 4 is 18.1 Å². The number of nitrogens with two attached hydrogens (primary N) is 1. The predicted octanol–water partition coefficient (Wildman–Crippen LogP) is 1.18. The highest BCUT2D eigenvalue weighted by Gasteiger charge is 2.19. The van der Waals surface area contributed by atoms with Gasteiger partial charge in [-0.25, -0.2) is 9.07 Å². The fraction of sp³-hybridized carbons (Fsp3) is 0.154. The van der Waals surface area contributed by atoms with Crippen LogP contribution in [-0.2, 0) is 11.3 Å². The smallest absolute Gasteiger partial charge is 0.325 e. The van der Waals surface area contributed by atoms with Gasteiger partial charge in [0.25, 0.3) is 0 Å². The Morgan fingerprint density at radius 3 is 2.81 bits per heavy atom. The van der Waals surface area contributed by atoms with E-state index in [4.69, 9.17) is 15.6 Å². The summed E-state index contributed by atoms with van der Waals surface area (Å²) < 4.78 is 19.5. The fourth-order valence-corrected chi connectivity index (χ4v) is 1.88. The number of nitrogen functional groups attached to an aromatic ring is 1. The summed E-state index contributed by atoms with van der Waals surface area (Å²) in [6.45, 7) is -0.495. The van der Waals surface area contributed by atoms with Crippen LogP contribution in [0.5, 0.6) is 5.75 Å². The molecule has 0 unspecified atom stereocenters. The van der Waals surface area contributed by atoms with Gasteiger partial charge in [-0.2, -0.15) is 5.10 Å². The number of carboxylic acids is 1. The summed E-state index contributed by atoms with van der Waals surface area (Å²) in [6, 6.07) is 4.02. The highest BCUT2D eigenvalue weighted by Crippen LogP contribution is 2.29. The first-order chi connectivity index (χ1) is 9.97. The maximum atomic E-state index is 13.7. The van der Waals surface area contributed by atoms with E-state index < -0.39 is 18.3 Å². The molecule has 1 aromatic heterocycles. The molecular formula is C13H12FN3O4. The minimum Gasteiger partial charge on any atom is -0.494 e. The van der Waals surface area contributed by atoms with E-state index in [1.54, 1.807) is 0 Å². The Bertz CT molecular complexity index is 712. The molecule has 0 radical (unpaired) electrons. The molecule has 1 heterocycles. The van der Waals surface area contributed by atoms with E-state index in [-0.39, 0.29) is 22.8 Å². The second kappa shape index (κ2) is 5.61. The van der Waals surface area contributed by atoms with Crippen LogP contribution < -0.4 is 10.5 Å². The van der Waals surface area contributed by atoms with Gasteiger partial charge in [0.15, 0.2) is 17.9 Å². The Balaban J connectivity index is 2.55. The monoisotopic (exact) mass is 293 g/mol. The van der Waals surface area contributed by atoms with Gasteiger partial charge in [-0.1, -0.05) is 0 Å². The van der Waals surface area contributed by atoms with E-state index in [1.807, 2.05) is 0 Å². The summed E-state index contributed by atoms with van der Waals surface area (Å²) >= 11 is 0. The lowest BCUT2D eigenvalue weighted by Crippen LogP contribution is -2.12. The topological polar surface area (TPSA) is 107 Å². The standard InChI is InChI=1S/C13H12FN3O4/c1-21-10-3-2-7(4-9(10)14)12-8(6-18)13(15)17(16-12)5-11(19)20/h2-4,6H,5,15H2,1H3,(H,19,20). The minimum absolute atomic E-state index is 0.0146. The molecule has 0 atom stereocenters. The van der Waals surface area contributed by atoms with Gasteiger partial charge < -0.3 is 15.6 Å². The molecule has 110 valence electrons. The number of carboxylic acid groups (broad SMARTS) is 1. The number of ether oxygens (including phenoxy) is 1. The molecule has 0 saturated carbocycles. The number of aromatic nitrogens is 2. The summed E-state index contributed by atoms with van der Waals surface area (Å²) in [7, 11) is 1.33. The van der Waals surface area contributed by atoms with Gasteiger partial charge in [-0.3, -0.25) is 9.59 Å². The number of aldehydes is 1. The van der Waals surface area contributed by atoms with Crippen molar-refractivity contribution < 1.29 is 23.8 Å². The van der Waals surface area contributed by atoms with Gasteiger partial charge in [0.05, 0.1) is 12.7 Å². The number of carbonyl (C=O) groups excluding carboxylic acids is 1. The number of hydrogen-bond donors (Lipinski definition) is 2. The van der Waals surface area contributed by atoms with E-state index in [2.05, 4.69) is 5.10 Å². The van der Waals surface area contributed by atoms with Crippen LogP contribution in [-0.4, -0.2) is 34.3 Å². The number of methoxy groups -OCH3 is 1. The molecule has 8 heteroatoms. The summed E-state index contributed by atoms with van der Waals surface area (Å²) in [5.74, 6) is -1.82. The number of carbonyl (C=O) groups is 2. The zero-order valence-corrected chi connectivity index (χ0v) is 11.0. The highest BCUT2D eigenvalue weighted by molar-refractivity contribution is 5.92. The Kier molecular flexibility index (Phi) is 3.88. The van der Waals surface area contributed by atoms with Crippen molar-refractivity contribution in [1.82, 2.24) is 9.78 Å². The van der Waals surface area contributed by atoms with Crippen LogP contribution >= 0.6 is 0 Å². The van der Waals surface area contributed by atoms with Gasteiger partial charge >= 0.3 is 5.97 Å². The fourth-order valence-electron chi connectivity index (χ4n) is 1.88. The van der Waals surface area contributed by atoms with Crippen LogP contribution in [0.1, 0.15) is 10.4 Å². The average molecular weight is 293 g/mol. The van der Waals surface area contributed by atoms with Crippen molar-refractivity contribution in [2.75, 3.05) is 12.8 Å². The predicted molar refractivity (Wildman–Crippen MR) is 71.6 cm³/mol.